The van der Waals surface area contributed by atoms with Gasteiger partial charge in [0.05, 0.1) is 19.2 Å². The van der Waals surface area contributed by atoms with E-state index in [4.69, 9.17) is 32.7 Å². The van der Waals surface area contributed by atoms with Gasteiger partial charge in [-0.2, -0.15) is 0 Å². The lowest BCUT2D eigenvalue weighted by Gasteiger charge is -2.12. The van der Waals surface area contributed by atoms with Gasteiger partial charge in [-0.25, -0.2) is 13.1 Å². The lowest BCUT2D eigenvalue weighted by atomic mass is 10.2. The highest BCUT2D eigenvalue weighted by Gasteiger charge is 2.18. The molecule has 0 spiro atoms. The maximum Gasteiger partial charge on any atom is 0.242 e. The third-order valence-electron chi connectivity index (χ3n) is 3.12. The van der Waals surface area contributed by atoms with Gasteiger partial charge >= 0.3 is 0 Å². The van der Waals surface area contributed by atoms with E-state index in [2.05, 4.69) is 4.72 Å². The van der Waals surface area contributed by atoms with E-state index in [1.54, 1.807) is 18.2 Å². The van der Waals surface area contributed by atoms with Crippen molar-refractivity contribution in [1.29, 1.82) is 0 Å². The molecule has 0 aromatic heterocycles. The number of nitrogens with one attached hydrogen (secondary N) is 1. The topological polar surface area (TPSA) is 64.6 Å². The highest BCUT2D eigenvalue weighted by molar-refractivity contribution is 7.89. The molecule has 0 saturated carbocycles. The van der Waals surface area contributed by atoms with Crippen molar-refractivity contribution in [2.75, 3.05) is 14.2 Å². The molecule has 0 aliphatic carbocycles. The monoisotopic (exact) mass is 375 g/mol. The lowest BCUT2D eigenvalue weighted by molar-refractivity contribution is 0.398. The number of sulfonamides is 1. The maximum absolute atomic E-state index is 12.4. The van der Waals surface area contributed by atoms with Crippen LogP contribution in [0, 0.1) is 0 Å². The van der Waals surface area contributed by atoms with Gasteiger partial charge < -0.3 is 9.47 Å². The largest absolute Gasteiger partial charge is 0.497 e. The normalized spacial score (nSPS) is 11.3. The summed E-state index contributed by atoms with van der Waals surface area (Å²) in [5, 5.41) is 0.422. The van der Waals surface area contributed by atoms with Gasteiger partial charge in [-0.15, -0.1) is 0 Å². The molecule has 0 amide bonds. The van der Waals surface area contributed by atoms with Gasteiger partial charge in [-0.1, -0.05) is 23.2 Å². The van der Waals surface area contributed by atoms with Crippen molar-refractivity contribution in [3.8, 4) is 11.5 Å². The number of hydrogen-bond acceptors (Lipinski definition) is 4. The van der Waals surface area contributed by atoms with Crippen LogP contribution in [0.2, 0.25) is 10.0 Å². The fourth-order valence-electron chi connectivity index (χ4n) is 1.96. The predicted octanol–water partition coefficient (Wildman–Crippen LogP) is 3.49. The number of rotatable bonds is 6. The van der Waals surface area contributed by atoms with Gasteiger partial charge in [-0.05, 0) is 36.4 Å². The second kappa shape index (κ2) is 7.40. The summed E-state index contributed by atoms with van der Waals surface area (Å²) >= 11 is 11.7. The van der Waals surface area contributed by atoms with Gasteiger partial charge in [0.2, 0.25) is 10.0 Å². The second-order valence-electron chi connectivity index (χ2n) is 4.58. The Morgan fingerprint density at radius 1 is 1.04 bits per heavy atom. The molecule has 0 radical (unpaired) electrons. The first-order chi connectivity index (χ1) is 10.9. The summed E-state index contributed by atoms with van der Waals surface area (Å²) in [6.07, 6.45) is 0. The van der Waals surface area contributed by atoms with Crippen LogP contribution in [0.5, 0.6) is 11.5 Å². The van der Waals surface area contributed by atoms with Gasteiger partial charge in [0, 0.05) is 17.1 Å². The fraction of sp³-hybridized carbons (Fsp3) is 0.200. The van der Waals surface area contributed by atoms with E-state index in [0.29, 0.717) is 22.1 Å². The Bertz CT molecular complexity index is 809. The van der Waals surface area contributed by atoms with E-state index in [-0.39, 0.29) is 16.5 Å². The van der Waals surface area contributed by atoms with Crippen molar-refractivity contribution in [3.63, 3.8) is 0 Å². The molecule has 2 aromatic carbocycles. The molecule has 0 saturated heterocycles. The molecule has 5 nitrogen and oxygen atoms in total. The average molecular weight is 376 g/mol. The van der Waals surface area contributed by atoms with E-state index in [0.717, 1.165) is 0 Å². The lowest BCUT2D eigenvalue weighted by Crippen LogP contribution is -2.23. The van der Waals surface area contributed by atoms with Crippen molar-refractivity contribution in [1.82, 2.24) is 4.72 Å². The molecular weight excluding hydrogens is 361 g/mol. The van der Waals surface area contributed by atoms with Crippen LogP contribution in [0.25, 0.3) is 0 Å². The summed E-state index contributed by atoms with van der Waals surface area (Å²) in [6.45, 7) is 0.0294. The molecule has 0 atom stereocenters. The van der Waals surface area contributed by atoms with E-state index in [9.17, 15) is 8.42 Å². The van der Waals surface area contributed by atoms with Gasteiger partial charge in [0.15, 0.2) is 0 Å². The first-order valence-electron chi connectivity index (χ1n) is 6.53. The van der Waals surface area contributed by atoms with Crippen LogP contribution < -0.4 is 14.2 Å². The standard InChI is InChI=1S/C15H15Cl2NO4S/c1-21-12-4-5-14(22-2)10(7-12)9-18-23(19,20)15-6-3-11(16)8-13(15)17/h3-8,18H,9H2,1-2H3. The first kappa shape index (κ1) is 17.9. The van der Waals surface area contributed by atoms with Crippen LogP contribution >= 0.6 is 23.2 Å². The molecule has 0 bridgehead atoms. The summed E-state index contributed by atoms with van der Waals surface area (Å²) in [6, 6.07) is 9.34. The van der Waals surface area contributed by atoms with Crippen molar-refractivity contribution >= 4 is 33.2 Å². The third kappa shape index (κ3) is 4.29. The Kier molecular flexibility index (Phi) is 5.75. The minimum atomic E-state index is -3.79. The summed E-state index contributed by atoms with van der Waals surface area (Å²) in [4.78, 5) is -0.0366. The Balaban J connectivity index is 2.25. The molecular formula is C15H15Cl2NO4S. The van der Waals surface area contributed by atoms with Crippen LogP contribution in [-0.2, 0) is 16.6 Å². The fourth-order valence-corrected chi connectivity index (χ4v) is 3.74. The molecule has 0 aliphatic heterocycles. The van der Waals surface area contributed by atoms with Gasteiger partial charge in [0.25, 0.3) is 0 Å². The number of methoxy groups -OCH3 is 2. The van der Waals surface area contributed by atoms with Crippen LogP contribution in [0.4, 0.5) is 0 Å². The zero-order chi connectivity index (χ0) is 17.0. The number of ether oxygens (including phenoxy) is 2. The average Bonchev–Trinajstić information content (AvgIpc) is 2.52. The quantitative estimate of drug-likeness (QED) is 0.838. The molecule has 124 valence electrons. The minimum absolute atomic E-state index is 0.0294. The minimum Gasteiger partial charge on any atom is -0.497 e. The molecule has 0 aliphatic rings. The summed E-state index contributed by atoms with van der Waals surface area (Å²) in [5.41, 5.74) is 0.639. The van der Waals surface area contributed by atoms with Crippen LogP contribution in [-0.4, -0.2) is 22.6 Å². The predicted molar refractivity (Wildman–Crippen MR) is 90.0 cm³/mol. The molecule has 23 heavy (non-hydrogen) atoms. The van der Waals surface area contributed by atoms with Crippen molar-refractivity contribution in [2.24, 2.45) is 0 Å². The Hall–Kier alpha value is -1.47. The molecule has 0 heterocycles. The summed E-state index contributed by atoms with van der Waals surface area (Å²) in [5.74, 6) is 1.15. The number of benzene rings is 2. The van der Waals surface area contributed by atoms with Crippen molar-refractivity contribution < 1.29 is 17.9 Å². The van der Waals surface area contributed by atoms with Crippen molar-refractivity contribution in [3.05, 3.63) is 52.0 Å². The molecule has 2 rings (SSSR count). The SMILES string of the molecule is COc1ccc(OC)c(CNS(=O)(=O)c2ccc(Cl)cc2Cl)c1. The molecule has 0 unspecified atom stereocenters. The van der Waals surface area contributed by atoms with E-state index < -0.39 is 10.0 Å². The maximum atomic E-state index is 12.4. The molecule has 2 aromatic rings. The first-order valence-corrected chi connectivity index (χ1v) is 8.77. The van der Waals surface area contributed by atoms with Gasteiger partial charge in [0.1, 0.15) is 16.4 Å². The van der Waals surface area contributed by atoms with Crippen molar-refractivity contribution in [2.45, 2.75) is 11.4 Å². The van der Waals surface area contributed by atoms with Crippen LogP contribution in [0.1, 0.15) is 5.56 Å². The Morgan fingerprint density at radius 2 is 1.78 bits per heavy atom. The molecule has 8 heteroatoms. The second-order valence-corrected chi connectivity index (χ2v) is 7.16. The summed E-state index contributed by atoms with van der Waals surface area (Å²) < 4.78 is 37.6. The van der Waals surface area contributed by atoms with E-state index in [1.807, 2.05) is 0 Å². The third-order valence-corrected chi connectivity index (χ3v) is 5.24. The van der Waals surface area contributed by atoms with E-state index >= 15 is 0 Å². The Labute approximate surface area is 145 Å². The van der Waals surface area contributed by atoms with Gasteiger partial charge in [-0.3, -0.25) is 0 Å². The van der Waals surface area contributed by atoms with Crippen LogP contribution in [0.15, 0.2) is 41.3 Å². The highest BCUT2D eigenvalue weighted by Crippen LogP contribution is 2.27. The van der Waals surface area contributed by atoms with E-state index in [1.165, 1.54) is 32.4 Å². The Morgan fingerprint density at radius 3 is 2.39 bits per heavy atom. The van der Waals surface area contributed by atoms with Crippen LogP contribution in [0.3, 0.4) is 0 Å². The summed E-state index contributed by atoms with van der Waals surface area (Å²) in [7, 11) is -0.747. The molecule has 1 N–H and O–H groups in total. The number of hydrogen-bond donors (Lipinski definition) is 1. The smallest absolute Gasteiger partial charge is 0.242 e. The number of halogens is 2. The zero-order valence-electron chi connectivity index (χ0n) is 12.5. The molecule has 0 fully saturated rings. The zero-order valence-corrected chi connectivity index (χ0v) is 14.8. The highest BCUT2D eigenvalue weighted by atomic mass is 35.5.